The number of rotatable bonds is 3. The summed E-state index contributed by atoms with van der Waals surface area (Å²) in [7, 11) is 0. The van der Waals surface area contributed by atoms with Crippen LogP contribution in [0.25, 0.3) is 0 Å². The van der Waals surface area contributed by atoms with Crippen molar-refractivity contribution in [3.05, 3.63) is 54.0 Å². The van der Waals surface area contributed by atoms with Gasteiger partial charge in [-0.1, -0.05) is 18.2 Å². The Hall–Kier alpha value is -2.07. The van der Waals surface area contributed by atoms with Crippen molar-refractivity contribution in [2.75, 3.05) is 11.4 Å². The Balaban J connectivity index is 1.83. The molecular weight excluding hydrogens is 228 g/mol. The molecule has 18 heavy (non-hydrogen) atoms. The van der Waals surface area contributed by atoms with E-state index in [0.717, 1.165) is 11.3 Å². The Labute approximate surface area is 105 Å². The lowest BCUT2D eigenvalue weighted by atomic mass is 10.2. The number of fused-ring (bicyclic) bond motifs is 1. The maximum atomic E-state index is 12.0. The van der Waals surface area contributed by atoms with Crippen molar-refractivity contribution >= 4 is 11.6 Å². The van der Waals surface area contributed by atoms with E-state index in [2.05, 4.69) is 0 Å². The van der Waals surface area contributed by atoms with Gasteiger partial charge >= 0.3 is 0 Å². The number of anilines is 1. The van der Waals surface area contributed by atoms with Gasteiger partial charge in [-0.25, -0.2) is 0 Å². The lowest BCUT2D eigenvalue weighted by molar-refractivity contribution is -0.117. The predicted molar refractivity (Wildman–Crippen MR) is 68.1 cm³/mol. The zero-order valence-electron chi connectivity index (χ0n) is 9.87. The molecule has 0 spiro atoms. The normalized spacial score (nSPS) is 15.8. The van der Waals surface area contributed by atoms with Crippen LogP contribution >= 0.6 is 0 Å². The minimum absolute atomic E-state index is 0.0956. The number of nitrogens with zero attached hydrogens (tertiary/aromatic N) is 1. The van der Waals surface area contributed by atoms with Crippen LogP contribution in [0.2, 0.25) is 0 Å². The van der Waals surface area contributed by atoms with Gasteiger partial charge in [0.25, 0.3) is 0 Å². The maximum absolute atomic E-state index is 12.0. The molecule has 2 N–H and O–H groups in total. The summed E-state index contributed by atoms with van der Waals surface area (Å²) >= 11 is 0. The molecule has 2 aromatic rings. The van der Waals surface area contributed by atoms with Gasteiger partial charge in [0.2, 0.25) is 5.91 Å². The van der Waals surface area contributed by atoms with Crippen LogP contribution < -0.4 is 10.6 Å². The largest absolute Gasteiger partial charge is 0.468 e. The molecule has 1 atom stereocenters. The van der Waals surface area contributed by atoms with Gasteiger partial charge in [-0.3, -0.25) is 4.79 Å². The standard InChI is InChI=1S/C14H14N2O2/c15-11(13-6-3-7-18-13)9-16-12-5-2-1-4-10(12)8-14(16)17/h1-7,11H,8-9,15H2. The first kappa shape index (κ1) is 11.0. The van der Waals surface area contributed by atoms with Gasteiger partial charge in [-0.05, 0) is 23.8 Å². The predicted octanol–water partition coefficient (Wildman–Crippen LogP) is 1.87. The molecule has 1 aliphatic heterocycles. The first-order chi connectivity index (χ1) is 8.75. The Morgan fingerprint density at radius 1 is 1.28 bits per heavy atom. The summed E-state index contributed by atoms with van der Waals surface area (Å²) in [6.07, 6.45) is 2.05. The van der Waals surface area contributed by atoms with Gasteiger partial charge in [0.15, 0.2) is 0 Å². The van der Waals surface area contributed by atoms with E-state index in [1.54, 1.807) is 17.2 Å². The van der Waals surface area contributed by atoms with Crippen molar-refractivity contribution in [2.24, 2.45) is 5.73 Å². The quantitative estimate of drug-likeness (QED) is 0.893. The number of nitrogens with two attached hydrogens (primary N) is 1. The van der Waals surface area contributed by atoms with E-state index in [1.165, 1.54) is 0 Å². The van der Waals surface area contributed by atoms with Gasteiger partial charge < -0.3 is 15.1 Å². The van der Waals surface area contributed by atoms with Gasteiger partial charge in [0.1, 0.15) is 5.76 Å². The monoisotopic (exact) mass is 242 g/mol. The third-order valence-corrected chi connectivity index (χ3v) is 3.21. The molecule has 1 amide bonds. The van der Waals surface area contributed by atoms with E-state index in [0.29, 0.717) is 18.7 Å². The number of carbonyl (C=O) groups is 1. The minimum Gasteiger partial charge on any atom is -0.468 e. The first-order valence-corrected chi connectivity index (χ1v) is 5.93. The van der Waals surface area contributed by atoms with Gasteiger partial charge in [0.05, 0.1) is 18.7 Å². The summed E-state index contributed by atoms with van der Waals surface area (Å²) in [5.41, 5.74) is 8.08. The summed E-state index contributed by atoms with van der Waals surface area (Å²) in [5, 5.41) is 0. The maximum Gasteiger partial charge on any atom is 0.231 e. The van der Waals surface area contributed by atoms with Crippen LogP contribution in [0, 0.1) is 0 Å². The van der Waals surface area contributed by atoms with Crippen molar-refractivity contribution in [1.82, 2.24) is 0 Å². The fourth-order valence-corrected chi connectivity index (χ4v) is 2.31. The van der Waals surface area contributed by atoms with Gasteiger partial charge in [-0.15, -0.1) is 0 Å². The number of amides is 1. The topological polar surface area (TPSA) is 59.5 Å². The summed E-state index contributed by atoms with van der Waals surface area (Å²) in [6, 6.07) is 11.1. The number of benzene rings is 1. The Morgan fingerprint density at radius 2 is 2.11 bits per heavy atom. The minimum atomic E-state index is -0.296. The number of hydrogen-bond acceptors (Lipinski definition) is 3. The molecule has 2 heterocycles. The Morgan fingerprint density at radius 3 is 2.89 bits per heavy atom. The summed E-state index contributed by atoms with van der Waals surface area (Å²) in [4.78, 5) is 13.7. The van der Waals surface area contributed by atoms with Crippen molar-refractivity contribution in [2.45, 2.75) is 12.5 Å². The van der Waals surface area contributed by atoms with Crippen LogP contribution in [0.1, 0.15) is 17.4 Å². The Kier molecular flexibility index (Phi) is 2.64. The van der Waals surface area contributed by atoms with E-state index in [-0.39, 0.29) is 11.9 Å². The first-order valence-electron chi connectivity index (χ1n) is 5.93. The summed E-state index contributed by atoms with van der Waals surface area (Å²) < 4.78 is 5.27. The molecule has 1 aromatic carbocycles. The number of carbonyl (C=O) groups excluding carboxylic acids is 1. The van der Waals surface area contributed by atoms with Crippen LogP contribution in [-0.2, 0) is 11.2 Å². The highest BCUT2D eigenvalue weighted by molar-refractivity contribution is 6.01. The highest BCUT2D eigenvalue weighted by atomic mass is 16.3. The van der Waals surface area contributed by atoms with Gasteiger partial charge in [0, 0.05) is 12.2 Å². The van der Waals surface area contributed by atoms with E-state index in [4.69, 9.17) is 10.2 Å². The fraction of sp³-hybridized carbons (Fsp3) is 0.214. The summed E-state index contributed by atoms with van der Waals surface area (Å²) in [5.74, 6) is 0.797. The second kappa shape index (κ2) is 4.31. The van der Waals surface area contributed by atoms with Crippen molar-refractivity contribution in [1.29, 1.82) is 0 Å². The lowest BCUT2D eigenvalue weighted by Gasteiger charge is -2.20. The van der Waals surface area contributed by atoms with Crippen LogP contribution in [0.4, 0.5) is 5.69 Å². The molecule has 0 fully saturated rings. The molecule has 92 valence electrons. The average Bonchev–Trinajstić information content (AvgIpc) is 2.98. The van der Waals surface area contributed by atoms with Crippen molar-refractivity contribution < 1.29 is 9.21 Å². The highest BCUT2D eigenvalue weighted by Gasteiger charge is 2.28. The fourth-order valence-electron chi connectivity index (χ4n) is 2.31. The van der Waals surface area contributed by atoms with Crippen LogP contribution in [0.15, 0.2) is 47.1 Å². The molecular formula is C14H14N2O2. The lowest BCUT2D eigenvalue weighted by Crippen LogP contribution is -2.34. The third-order valence-electron chi connectivity index (χ3n) is 3.21. The van der Waals surface area contributed by atoms with Crippen molar-refractivity contribution in [3.63, 3.8) is 0 Å². The SMILES string of the molecule is NC(CN1C(=O)Cc2ccccc21)c1ccco1. The Bertz CT molecular complexity index is 563. The van der Waals surface area contributed by atoms with Crippen LogP contribution in [-0.4, -0.2) is 12.5 Å². The van der Waals surface area contributed by atoms with Crippen LogP contribution in [0.3, 0.4) is 0 Å². The molecule has 1 aliphatic rings. The van der Waals surface area contributed by atoms with E-state index in [9.17, 15) is 4.79 Å². The average molecular weight is 242 g/mol. The molecule has 4 nitrogen and oxygen atoms in total. The molecule has 0 saturated carbocycles. The molecule has 1 unspecified atom stereocenters. The zero-order valence-corrected chi connectivity index (χ0v) is 9.87. The summed E-state index contributed by atoms with van der Waals surface area (Å²) in [6.45, 7) is 0.448. The van der Waals surface area contributed by atoms with E-state index < -0.39 is 0 Å². The zero-order chi connectivity index (χ0) is 12.5. The smallest absolute Gasteiger partial charge is 0.231 e. The number of furan rings is 1. The van der Waals surface area contributed by atoms with Gasteiger partial charge in [-0.2, -0.15) is 0 Å². The second-order valence-electron chi connectivity index (χ2n) is 4.43. The molecule has 0 bridgehead atoms. The molecule has 4 heteroatoms. The van der Waals surface area contributed by atoms with Crippen molar-refractivity contribution in [3.8, 4) is 0 Å². The molecule has 1 aromatic heterocycles. The molecule has 0 saturated heterocycles. The number of hydrogen-bond donors (Lipinski definition) is 1. The van der Waals surface area contributed by atoms with E-state index >= 15 is 0 Å². The third kappa shape index (κ3) is 1.80. The molecule has 0 radical (unpaired) electrons. The van der Waals surface area contributed by atoms with E-state index in [1.807, 2.05) is 30.3 Å². The van der Waals surface area contributed by atoms with Crippen LogP contribution in [0.5, 0.6) is 0 Å². The second-order valence-corrected chi connectivity index (χ2v) is 4.43. The number of para-hydroxylation sites is 1. The molecule has 0 aliphatic carbocycles. The highest BCUT2D eigenvalue weighted by Crippen LogP contribution is 2.29. The molecule has 3 rings (SSSR count).